The maximum Gasteiger partial charge on any atom is 0.169 e. The summed E-state index contributed by atoms with van der Waals surface area (Å²) in [6.07, 6.45) is 0. The third kappa shape index (κ3) is 3.63. The van der Waals surface area contributed by atoms with Crippen LogP contribution >= 0.6 is 23.1 Å². The van der Waals surface area contributed by atoms with Gasteiger partial charge in [0.2, 0.25) is 0 Å². The minimum Gasteiger partial charge on any atom is -0.204 e. The average Bonchev–Trinajstić information content (AvgIpc) is 3.13. The number of hydrogen-bond donors (Lipinski definition) is 0. The maximum atomic E-state index is 13.9. The van der Waals surface area contributed by atoms with Crippen molar-refractivity contribution in [2.75, 3.05) is 0 Å². The SMILES string of the molecule is CC.CC.Cc1csc(-c2c(F)c(F)cc3nsnc23)c1. The number of thiophene rings is 1. The topological polar surface area (TPSA) is 25.8 Å². The lowest BCUT2D eigenvalue weighted by atomic mass is 10.1. The largest absolute Gasteiger partial charge is 0.204 e. The summed E-state index contributed by atoms with van der Waals surface area (Å²) in [5.74, 6) is -1.74. The molecule has 0 saturated carbocycles. The quantitative estimate of drug-likeness (QED) is 0.542. The van der Waals surface area contributed by atoms with Gasteiger partial charge in [-0.3, -0.25) is 0 Å². The van der Waals surface area contributed by atoms with E-state index in [1.165, 1.54) is 11.3 Å². The van der Waals surface area contributed by atoms with Crippen LogP contribution in [0.25, 0.3) is 21.5 Å². The van der Waals surface area contributed by atoms with Gasteiger partial charge in [0.15, 0.2) is 11.6 Å². The van der Waals surface area contributed by atoms with E-state index in [2.05, 4.69) is 8.75 Å². The molecule has 0 unspecified atom stereocenters. The molecule has 0 spiro atoms. The highest BCUT2D eigenvalue weighted by atomic mass is 32.1. The standard InChI is InChI=1S/C11H6F2N2S2.2C2H6/c1-5-2-8(16-4-5)9-10(13)6(12)3-7-11(9)15-17-14-7;2*1-2/h2-4H,1H3;2*1-2H3. The summed E-state index contributed by atoms with van der Waals surface area (Å²) in [6.45, 7) is 9.91. The smallest absolute Gasteiger partial charge is 0.169 e. The van der Waals surface area contributed by atoms with Gasteiger partial charge in [-0.15, -0.1) is 11.3 Å². The first-order valence-electron chi connectivity index (χ1n) is 6.82. The summed E-state index contributed by atoms with van der Waals surface area (Å²) >= 11 is 2.33. The monoisotopic (exact) mass is 328 g/mol. The fourth-order valence-electron chi connectivity index (χ4n) is 1.66. The number of halogens is 2. The third-order valence-corrected chi connectivity index (χ3v) is 4.03. The highest BCUT2D eigenvalue weighted by Gasteiger charge is 2.19. The molecule has 1 aromatic carbocycles. The minimum atomic E-state index is -0.883. The molecule has 3 aromatic rings. The Morgan fingerprint density at radius 2 is 1.67 bits per heavy atom. The zero-order chi connectivity index (χ0) is 16.0. The van der Waals surface area contributed by atoms with E-state index in [4.69, 9.17) is 0 Å². The zero-order valence-electron chi connectivity index (χ0n) is 12.7. The Kier molecular flexibility index (Phi) is 6.84. The van der Waals surface area contributed by atoms with Crippen LogP contribution < -0.4 is 0 Å². The third-order valence-electron chi connectivity index (χ3n) is 2.42. The molecule has 2 aromatic heterocycles. The van der Waals surface area contributed by atoms with Crippen molar-refractivity contribution in [3.05, 3.63) is 34.7 Å². The first kappa shape index (κ1) is 17.7. The van der Waals surface area contributed by atoms with Crippen molar-refractivity contribution < 1.29 is 8.78 Å². The van der Waals surface area contributed by atoms with Crippen molar-refractivity contribution in [3.63, 3.8) is 0 Å². The van der Waals surface area contributed by atoms with E-state index in [0.29, 0.717) is 15.9 Å². The van der Waals surface area contributed by atoms with Gasteiger partial charge in [-0.25, -0.2) is 8.78 Å². The molecular weight excluding hydrogens is 310 g/mol. The van der Waals surface area contributed by atoms with Gasteiger partial charge >= 0.3 is 0 Å². The van der Waals surface area contributed by atoms with Crippen LogP contribution in [0.1, 0.15) is 33.3 Å². The highest BCUT2D eigenvalue weighted by Crippen LogP contribution is 2.35. The van der Waals surface area contributed by atoms with Crippen molar-refractivity contribution in [1.29, 1.82) is 0 Å². The second-order valence-corrected chi connectivity index (χ2v) is 5.11. The number of benzene rings is 1. The molecule has 0 bridgehead atoms. The van der Waals surface area contributed by atoms with Crippen molar-refractivity contribution >= 4 is 34.1 Å². The van der Waals surface area contributed by atoms with Crippen LogP contribution in [-0.2, 0) is 0 Å². The van der Waals surface area contributed by atoms with Gasteiger partial charge in [0, 0.05) is 10.9 Å². The molecule has 0 saturated heterocycles. The summed E-state index contributed by atoms with van der Waals surface area (Å²) in [5, 5.41) is 1.89. The number of aryl methyl sites for hydroxylation is 1. The lowest BCUT2D eigenvalue weighted by Crippen LogP contribution is -1.90. The lowest BCUT2D eigenvalue weighted by Gasteiger charge is -2.01. The summed E-state index contributed by atoms with van der Waals surface area (Å²) in [6, 6.07) is 2.90. The molecule has 0 radical (unpaired) electrons. The number of aromatic nitrogens is 2. The zero-order valence-corrected chi connectivity index (χ0v) is 14.3. The van der Waals surface area contributed by atoms with E-state index in [1.807, 2.05) is 46.1 Å². The summed E-state index contributed by atoms with van der Waals surface area (Å²) in [4.78, 5) is 0.678. The van der Waals surface area contributed by atoms with Gasteiger partial charge in [0.25, 0.3) is 0 Å². The van der Waals surface area contributed by atoms with E-state index in [-0.39, 0.29) is 5.56 Å². The van der Waals surface area contributed by atoms with Crippen LogP contribution in [0.5, 0.6) is 0 Å². The first-order valence-corrected chi connectivity index (χ1v) is 8.43. The summed E-state index contributed by atoms with van der Waals surface area (Å²) < 4.78 is 35.3. The molecule has 0 amide bonds. The van der Waals surface area contributed by atoms with E-state index < -0.39 is 11.6 Å². The molecule has 114 valence electrons. The van der Waals surface area contributed by atoms with Gasteiger partial charge in [-0.2, -0.15) is 8.75 Å². The molecule has 0 aliphatic heterocycles. The Labute approximate surface area is 131 Å². The summed E-state index contributed by atoms with van der Waals surface area (Å²) in [5.41, 5.74) is 2.06. The molecule has 2 heterocycles. The van der Waals surface area contributed by atoms with E-state index in [9.17, 15) is 8.78 Å². The highest BCUT2D eigenvalue weighted by molar-refractivity contribution is 7.13. The second-order valence-electron chi connectivity index (χ2n) is 3.67. The molecule has 3 rings (SSSR count). The molecule has 0 atom stereocenters. The first-order chi connectivity index (χ1) is 10.2. The average molecular weight is 328 g/mol. The van der Waals surface area contributed by atoms with Crippen LogP contribution in [0, 0.1) is 18.6 Å². The molecule has 21 heavy (non-hydrogen) atoms. The number of fused-ring (bicyclic) bond motifs is 1. The Balaban J connectivity index is 0.000000510. The predicted molar refractivity (Wildman–Crippen MR) is 88.1 cm³/mol. The van der Waals surface area contributed by atoms with Gasteiger partial charge in [0.05, 0.1) is 17.3 Å². The van der Waals surface area contributed by atoms with Gasteiger partial charge in [0.1, 0.15) is 11.0 Å². The fourth-order valence-corrected chi connectivity index (χ4v) is 3.13. The molecule has 6 heteroatoms. The van der Waals surface area contributed by atoms with E-state index >= 15 is 0 Å². The van der Waals surface area contributed by atoms with Crippen LogP contribution in [0.2, 0.25) is 0 Å². The van der Waals surface area contributed by atoms with Crippen LogP contribution in [0.4, 0.5) is 8.78 Å². The predicted octanol–water partition coefficient (Wildman–Crippen LogP) is 6.06. The summed E-state index contributed by atoms with van der Waals surface area (Å²) in [7, 11) is 0. The number of nitrogens with zero attached hydrogens (tertiary/aromatic N) is 2. The van der Waals surface area contributed by atoms with Crippen molar-refractivity contribution in [3.8, 4) is 10.4 Å². The van der Waals surface area contributed by atoms with Crippen molar-refractivity contribution in [1.82, 2.24) is 8.75 Å². The van der Waals surface area contributed by atoms with Crippen molar-refractivity contribution in [2.24, 2.45) is 0 Å². The van der Waals surface area contributed by atoms with Gasteiger partial charge < -0.3 is 0 Å². The van der Waals surface area contributed by atoms with Gasteiger partial charge in [-0.05, 0) is 23.9 Å². The van der Waals surface area contributed by atoms with Crippen LogP contribution in [-0.4, -0.2) is 8.75 Å². The van der Waals surface area contributed by atoms with E-state index in [0.717, 1.165) is 23.4 Å². The lowest BCUT2D eigenvalue weighted by molar-refractivity contribution is 0.513. The molecule has 2 nitrogen and oxygen atoms in total. The minimum absolute atomic E-state index is 0.215. The van der Waals surface area contributed by atoms with E-state index in [1.54, 1.807) is 0 Å². The second kappa shape index (κ2) is 8.14. The molecular formula is C15H18F2N2S2. The Morgan fingerprint density at radius 1 is 1.00 bits per heavy atom. The van der Waals surface area contributed by atoms with Crippen molar-refractivity contribution in [2.45, 2.75) is 34.6 Å². The normalized spacial score (nSPS) is 9.67. The number of hydrogen-bond acceptors (Lipinski definition) is 4. The Morgan fingerprint density at radius 3 is 2.24 bits per heavy atom. The van der Waals surface area contributed by atoms with Crippen LogP contribution in [0.3, 0.4) is 0 Å². The van der Waals surface area contributed by atoms with Crippen LogP contribution in [0.15, 0.2) is 17.5 Å². The molecule has 0 fully saturated rings. The molecule has 0 aliphatic carbocycles. The molecule has 0 N–H and O–H groups in total. The Bertz CT molecular complexity index is 705. The fraction of sp³-hybridized carbons (Fsp3) is 0.333. The Hall–Kier alpha value is -1.40. The number of rotatable bonds is 1. The molecule has 0 aliphatic rings. The van der Waals surface area contributed by atoms with Gasteiger partial charge in [-0.1, -0.05) is 27.7 Å². The maximum absolute atomic E-state index is 13.9.